The molecule has 1 atom stereocenters. The van der Waals surface area contributed by atoms with Crippen LogP contribution in [0, 0.1) is 5.92 Å². The van der Waals surface area contributed by atoms with Gasteiger partial charge in [-0.15, -0.1) is 0 Å². The molecule has 19 heavy (non-hydrogen) atoms. The van der Waals surface area contributed by atoms with Crippen molar-refractivity contribution in [2.24, 2.45) is 11.7 Å². The molecule has 0 aromatic heterocycles. The fourth-order valence-electron chi connectivity index (χ4n) is 1.55. The fourth-order valence-corrected chi connectivity index (χ4v) is 1.55. The van der Waals surface area contributed by atoms with Gasteiger partial charge < -0.3 is 15.2 Å². The van der Waals surface area contributed by atoms with E-state index in [4.69, 9.17) is 15.2 Å². The van der Waals surface area contributed by atoms with Gasteiger partial charge in [-0.05, 0) is 39.3 Å². The third kappa shape index (κ3) is 6.25. The quantitative estimate of drug-likeness (QED) is 0.802. The van der Waals surface area contributed by atoms with Crippen molar-refractivity contribution in [2.75, 3.05) is 13.2 Å². The Kier molecular flexibility index (Phi) is 5.83. The number of para-hydroxylation sites is 1. The molecule has 0 spiro atoms. The molecule has 0 saturated carbocycles. The highest BCUT2D eigenvalue weighted by Crippen LogP contribution is 2.14. The normalized spacial score (nSPS) is 12.8. The zero-order valence-electron chi connectivity index (χ0n) is 11.9. The molecule has 0 aliphatic rings. The number of benzene rings is 1. The number of carbonyl (C=O) groups is 1. The predicted octanol–water partition coefficient (Wildman–Crippen LogP) is 2.37. The zero-order valence-corrected chi connectivity index (χ0v) is 11.9. The van der Waals surface area contributed by atoms with Crippen molar-refractivity contribution in [1.29, 1.82) is 0 Å². The average Bonchev–Trinajstić information content (AvgIpc) is 2.33. The Bertz CT molecular complexity index is 384. The lowest BCUT2D eigenvalue weighted by Gasteiger charge is -2.23. The number of hydrogen-bond donors (Lipinski definition) is 1. The Morgan fingerprint density at radius 2 is 1.89 bits per heavy atom. The molecule has 0 heterocycles. The van der Waals surface area contributed by atoms with E-state index in [-0.39, 0.29) is 18.4 Å². The summed E-state index contributed by atoms with van der Waals surface area (Å²) in [5.74, 6) is 0.219. The second-order valence-electron chi connectivity index (χ2n) is 5.42. The SMILES string of the molecule is CC(C)(C)OC(=O)[C@H](CN)CCOc1ccccc1. The summed E-state index contributed by atoms with van der Waals surface area (Å²) in [7, 11) is 0. The van der Waals surface area contributed by atoms with Crippen molar-refractivity contribution in [3.63, 3.8) is 0 Å². The first-order valence-electron chi connectivity index (χ1n) is 6.53. The van der Waals surface area contributed by atoms with Crippen LogP contribution >= 0.6 is 0 Å². The summed E-state index contributed by atoms with van der Waals surface area (Å²) in [5, 5.41) is 0. The van der Waals surface area contributed by atoms with Crippen molar-refractivity contribution in [3.8, 4) is 5.75 Å². The third-order valence-electron chi connectivity index (χ3n) is 2.50. The minimum Gasteiger partial charge on any atom is -0.494 e. The van der Waals surface area contributed by atoms with Crippen molar-refractivity contribution in [3.05, 3.63) is 30.3 Å². The second kappa shape index (κ2) is 7.14. The van der Waals surface area contributed by atoms with Gasteiger partial charge in [0.05, 0.1) is 12.5 Å². The molecular weight excluding hydrogens is 242 g/mol. The molecule has 1 aromatic rings. The topological polar surface area (TPSA) is 61.5 Å². The number of esters is 1. The molecule has 2 N–H and O–H groups in total. The number of carbonyl (C=O) groups excluding carboxylic acids is 1. The molecule has 4 nitrogen and oxygen atoms in total. The summed E-state index contributed by atoms with van der Waals surface area (Å²) < 4.78 is 10.9. The van der Waals surface area contributed by atoms with Crippen molar-refractivity contribution < 1.29 is 14.3 Å². The summed E-state index contributed by atoms with van der Waals surface area (Å²) in [6.07, 6.45) is 0.556. The summed E-state index contributed by atoms with van der Waals surface area (Å²) in [6, 6.07) is 9.50. The van der Waals surface area contributed by atoms with E-state index >= 15 is 0 Å². The molecular formula is C15H23NO3. The van der Waals surface area contributed by atoms with Gasteiger partial charge in [0.2, 0.25) is 0 Å². The number of hydrogen-bond acceptors (Lipinski definition) is 4. The second-order valence-corrected chi connectivity index (χ2v) is 5.42. The van der Waals surface area contributed by atoms with Crippen molar-refractivity contribution in [2.45, 2.75) is 32.8 Å². The minimum absolute atomic E-state index is 0.258. The summed E-state index contributed by atoms with van der Waals surface area (Å²) in [4.78, 5) is 11.9. The van der Waals surface area contributed by atoms with E-state index in [9.17, 15) is 4.79 Å². The van der Waals surface area contributed by atoms with E-state index < -0.39 is 5.60 Å². The summed E-state index contributed by atoms with van der Waals surface area (Å²) in [5.41, 5.74) is 5.13. The van der Waals surface area contributed by atoms with Crippen LogP contribution < -0.4 is 10.5 Å². The van der Waals surface area contributed by atoms with E-state index in [1.165, 1.54) is 0 Å². The van der Waals surface area contributed by atoms with Gasteiger partial charge in [0.1, 0.15) is 11.4 Å². The lowest BCUT2D eigenvalue weighted by Crippen LogP contribution is -2.33. The highest BCUT2D eigenvalue weighted by molar-refractivity contribution is 5.73. The molecule has 1 rings (SSSR count). The van der Waals surface area contributed by atoms with Crippen LogP contribution in [0.4, 0.5) is 0 Å². The average molecular weight is 265 g/mol. The fraction of sp³-hybridized carbons (Fsp3) is 0.533. The number of rotatable bonds is 6. The van der Waals surface area contributed by atoms with Crippen LogP contribution in [-0.4, -0.2) is 24.7 Å². The van der Waals surface area contributed by atoms with Gasteiger partial charge in [0, 0.05) is 6.54 Å². The van der Waals surface area contributed by atoms with E-state index in [1.807, 2.05) is 51.1 Å². The molecule has 0 aliphatic heterocycles. The Morgan fingerprint density at radius 1 is 1.26 bits per heavy atom. The minimum atomic E-state index is -0.481. The van der Waals surface area contributed by atoms with Crippen LogP contribution in [0.2, 0.25) is 0 Å². The first kappa shape index (κ1) is 15.5. The van der Waals surface area contributed by atoms with Gasteiger partial charge in [-0.1, -0.05) is 18.2 Å². The molecule has 0 aliphatic carbocycles. The molecule has 0 radical (unpaired) electrons. The van der Waals surface area contributed by atoms with E-state index in [0.29, 0.717) is 13.0 Å². The van der Waals surface area contributed by atoms with E-state index in [0.717, 1.165) is 5.75 Å². The predicted molar refractivity (Wildman–Crippen MR) is 74.9 cm³/mol. The van der Waals surface area contributed by atoms with Crippen LogP contribution in [0.15, 0.2) is 30.3 Å². The molecule has 0 fully saturated rings. The largest absolute Gasteiger partial charge is 0.494 e. The molecule has 0 unspecified atom stereocenters. The molecule has 106 valence electrons. The van der Waals surface area contributed by atoms with Gasteiger partial charge >= 0.3 is 5.97 Å². The number of nitrogens with two attached hydrogens (primary N) is 1. The van der Waals surface area contributed by atoms with E-state index in [1.54, 1.807) is 0 Å². The van der Waals surface area contributed by atoms with Gasteiger partial charge in [0.25, 0.3) is 0 Å². The van der Waals surface area contributed by atoms with Crippen LogP contribution in [0.25, 0.3) is 0 Å². The Labute approximate surface area is 114 Å². The van der Waals surface area contributed by atoms with Gasteiger partial charge in [-0.3, -0.25) is 4.79 Å². The van der Waals surface area contributed by atoms with Crippen LogP contribution in [0.5, 0.6) is 5.75 Å². The maximum absolute atomic E-state index is 11.9. The first-order chi connectivity index (χ1) is 8.92. The van der Waals surface area contributed by atoms with Gasteiger partial charge in [-0.25, -0.2) is 0 Å². The Hall–Kier alpha value is -1.55. The molecule has 0 saturated heterocycles. The monoisotopic (exact) mass is 265 g/mol. The molecule has 4 heteroatoms. The first-order valence-corrected chi connectivity index (χ1v) is 6.53. The Morgan fingerprint density at radius 3 is 2.42 bits per heavy atom. The van der Waals surface area contributed by atoms with Crippen LogP contribution in [-0.2, 0) is 9.53 Å². The van der Waals surface area contributed by atoms with E-state index in [2.05, 4.69) is 0 Å². The lowest BCUT2D eigenvalue weighted by atomic mass is 10.1. The maximum atomic E-state index is 11.9. The van der Waals surface area contributed by atoms with Crippen molar-refractivity contribution >= 4 is 5.97 Å². The van der Waals surface area contributed by atoms with Crippen molar-refractivity contribution in [1.82, 2.24) is 0 Å². The summed E-state index contributed by atoms with van der Waals surface area (Å²) in [6.45, 7) is 6.26. The zero-order chi connectivity index (χ0) is 14.3. The highest BCUT2D eigenvalue weighted by Gasteiger charge is 2.23. The Balaban J connectivity index is 2.38. The smallest absolute Gasteiger partial charge is 0.310 e. The maximum Gasteiger partial charge on any atom is 0.310 e. The lowest BCUT2D eigenvalue weighted by molar-refractivity contribution is -0.160. The third-order valence-corrected chi connectivity index (χ3v) is 2.50. The van der Waals surface area contributed by atoms with Gasteiger partial charge in [-0.2, -0.15) is 0 Å². The number of ether oxygens (including phenoxy) is 2. The molecule has 0 bridgehead atoms. The molecule has 0 amide bonds. The van der Waals surface area contributed by atoms with Gasteiger partial charge in [0.15, 0.2) is 0 Å². The summed E-state index contributed by atoms with van der Waals surface area (Å²) >= 11 is 0. The highest BCUT2D eigenvalue weighted by atomic mass is 16.6. The van der Waals surface area contributed by atoms with Crippen LogP contribution in [0.1, 0.15) is 27.2 Å². The van der Waals surface area contributed by atoms with Crippen LogP contribution in [0.3, 0.4) is 0 Å². The standard InChI is InChI=1S/C15H23NO3/c1-15(2,3)19-14(17)12(11-16)9-10-18-13-7-5-4-6-8-13/h4-8,12H,9-11,16H2,1-3H3/t12-/m0/s1. The molecule has 1 aromatic carbocycles.